The van der Waals surface area contributed by atoms with Gasteiger partial charge in [-0.25, -0.2) is 0 Å². The molecule has 1 saturated carbocycles. The van der Waals surface area contributed by atoms with Crippen molar-refractivity contribution in [3.63, 3.8) is 0 Å². The summed E-state index contributed by atoms with van der Waals surface area (Å²) in [5, 5.41) is 0. The number of hydrogen-bond donors (Lipinski definition) is 0. The van der Waals surface area contributed by atoms with Gasteiger partial charge in [0.15, 0.2) is 0 Å². The minimum absolute atomic E-state index is 0.187. The van der Waals surface area contributed by atoms with Gasteiger partial charge in [-0.2, -0.15) is 0 Å². The molecule has 1 saturated heterocycles. The predicted octanol–water partition coefficient (Wildman–Crippen LogP) is 2.99. The third-order valence-electron chi connectivity index (χ3n) is 4.53. The van der Waals surface area contributed by atoms with Crippen LogP contribution in [0, 0.1) is 3.57 Å². The highest BCUT2D eigenvalue weighted by Gasteiger charge is 2.28. The molecule has 0 aromatic heterocycles. The number of amides is 1. The number of rotatable bonds is 2. The molecule has 4 heteroatoms. The van der Waals surface area contributed by atoms with Crippen molar-refractivity contribution in [1.29, 1.82) is 0 Å². The summed E-state index contributed by atoms with van der Waals surface area (Å²) < 4.78 is 1.17. The zero-order chi connectivity index (χ0) is 13.9. The van der Waals surface area contributed by atoms with Crippen molar-refractivity contribution < 1.29 is 4.79 Å². The summed E-state index contributed by atoms with van der Waals surface area (Å²) in [4.78, 5) is 17.0. The van der Waals surface area contributed by atoms with E-state index in [1.165, 1.54) is 29.3 Å². The molecule has 0 unspecified atom stereocenters. The molecule has 0 bridgehead atoms. The van der Waals surface area contributed by atoms with Gasteiger partial charge >= 0.3 is 0 Å². The van der Waals surface area contributed by atoms with Crippen LogP contribution in [0.2, 0.25) is 0 Å². The number of carbonyl (C=O) groups excluding carboxylic acids is 1. The highest BCUT2D eigenvalue weighted by atomic mass is 127. The fourth-order valence-electron chi connectivity index (χ4n) is 3.33. The maximum atomic E-state index is 12.4. The van der Waals surface area contributed by atoms with E-state index in [2.05, 4.69) is 27.5 Å². The van der Waals surface area contributed by atoms with Crippen molar-refractivity contribution in [2.24, 2.45) is 0 Å². The Kier molecular flexibility index (Phi) is 4.61. The summed E-state index contributed by atoms with van der Waals surface area (Å²) in [6, 6.07) is 8.66. The lowest BCUT2D eigenvalue weighted by atomic mass is 10.1. The van der Waals surface area contributed by atoms with Crippen molar-refractivity contribution >= 4 is 28.5 Å². The molecule has 2 aliphatic rings. The lowest BCUT2D eigenvalue weighted by Crippen LogP contribution is -2.51. The van der Waals surface area contributed by atoms with Gasteiger partial charge in [0.25, 0.3) is 5.91 Å². The first-order valence-corrected chi connectivity index (χ1v) is 8.61. The standard InChI is InChI=1S/C16H21IN2O/c17-14-7-5-13(6-8-14)16(20)19-11-9-18(10-12-19)15-3-1-2-4-15/h5-8,15H,1-4,9-12H2. The molecule has 0 N–H and O–H groups in total. The summed E-state index contributed by atoms with van der Waals surface area (Å²) in [6.07, 6.45) is 5.47. The van der Waals surface area contributed by atoms with E-state index in [4.69, 9.17) is 0 Å². The minimum atomic E-state index is 0.187. The van der Waals surface area contributed by atoms with Crippen LogP contribution >= 0.6 is 22.6 Å². The molecule has 3 nitrogen and oxygen atoms in total. The van der Waals surface area contributed by atoms with Gasteiger partial charge in [-0.05, 0) is 59.7 Å². The van der Waals surface area contributed by atoms with E-state index in [0.717, 1.165) is 37.8 Å². The van der Waals surface area contributed by atoms with Crippen LogP contribution in [0.15, 0.2) is 24.3 Å². The SMILES string of the molecule is O=C(c1ccc(I)cc1)N1CCN(C2CCCC2)CC1. The summed E-state index contributed by atoms with van der Waals surface area (Å²) in [5.41, 5.74) is 0.819. The van der Waals surface area contributed by atoms with Crippen LogP contribution in [-0.2, 0) is 0 Å². The summed E-state index contributed by atoms with van der Waals surface area (Å²) in [5.74, 6) is 0.187. The maximum absolute atomic E-state index is 12.4. The van der Waals surface area contributed by atoms with E-state index in [-0.39, 0.29) is 5.91 Å². The van der Waals surface area contributed by atoms with E-state index in [0.29, 0.717) is 0 Å². The van der Waals surface area contributed by atoms with Gasteiger partial charge in [-0.15, -0.1) is 0 Å². The molecule has 1 aliphatic heterocycles. The van der Waals surface area contributed by atoms with Gasteiger partial charge < -0.3 is 4.90 Å². The fraction of sp³-hybridized carbons (Fsp3) is 0.562. The molecule has 2 fully saturated rings. The Balaban J connectivity index is 1.57. The molecule has 108 valence electrons. The number of piperazine rings is 1. The van der Waals surface area contributed by atoms with Gasteiger partial charge in [0.1, 0.15) is 0 Å². The fourth-order valence-corrected chi connectivity index (χ4v) is 3.69. The van der Waals surface area contributed by atoms with Crippen molar-refractivity contribution in [2.75, 3.05) is 26.2 Å². The monoisotopic (exact) mass is 384 g/mol. The zero-order valence-corrected chi connectivity index (χ0v) is 13.9. The molecule has 1 aliphatic carbocycles. The van der Waals surface area contributed by atoms with Crippen LogP contribution in [0.25, 0.3) is 0 Å². The smallest absolute Gasteiger partial charge is 0.253 e. The Labute approximate surface area is 134 Å². The molecule has 0 spiro atoms. The predicted molar refractivity (Wildman–Crippen MR) is 88.9 cm³/mol. The van der Waals surface area contributed by atoms with Gasteiger partial charge in [-0.1, -0.05) is 12.8 Å². The molecule has 3 rings (SSSR count). The Morgan fingerprint density at radius 2 is 1.60 bits per heavy atom. The minimum Gasteiger partial charge on any atom is -0.336 e. The second kappa shape index (κ2) is 6.43. The first-order chi connectivity index (χ1) is 9.74. The zero-order valence-electron chi connectivity index (χ0n) is 11.7. The molecule has 20 heavy (non-hydrogen) atoms. The average Bonchev–Trinajstić information content (AvgIpc) is 3.02. The summed E-state index contributed by atoms with van der Waals surface area (Å²) >= 11 is 2.27. The molecule has 1 amide bonds. The first-order valence-electron chi connectivity index (χ1n) is 7.53. The second-order valence-electron chi connectivity index (χ2n) is 5.77. The lowest BCUT2D eigenvalue weighted by Gasteiger charge is -2.38. The Morgan fingerprint density at radius 1 is 1.00 bits per heavy atom. The van der Waals surface area contributed by atoms with E-state index in [1.54, 1.807) is 0 Å². The summed E-state index contributed by atoms with van der Waals surface area (Å²) in [7, 11) is 0. The quantitative estimate of drug-likeness (QED) is 0.732. The molecule has 0 radical (unpaired) electrons. The van der Waals surface area contributed by atoms with Crippen molar-refractivity contribution in [3.8, 4) is 0 Å². The number of benzene rings is 1. The van der Waals surface area contributed by atoms with Gasteiger partial charge in [0.2, 0.25) is 0 Å². The second-order valence-corrected chi connectivity index (χ2v) is 7.02. The first kappa shape index (κ1) is 14.3. The maximum Gasteiger partial charge on any atom is 0.253 e. The van der Waals surface area contributed by atoms with Crippen molar-refractivity contribution in [2.45, 2.75) is 31.7 Å². The number of nitrogens with zero attached hydrogens (tertiary/aromatic N) is 2. The highest BCUT2D eigenvalue weighted by molar-refractivity contribution is 14.1. The van der Waals surface area contributed by atoms with Crippen molar-refractivity contribution in [3.05, 3.63) is 33.4 Å². The van der Waals surface area contributed by atoms with Crippen LogP contribution < -0.4 is 0 Å². The Bertz CT molecular complexity index is 460. The summed E-state index contributed by atoms with van der Waals surface area (Å²) in [6.45, 7) is 3.84. The molecular formula is C16H21IN2O. The molecule has 1 aromatic rings. The van der Waals surface area contributed by atoms with Gasteiger partial charge in [-0.3, -0.25) is 9.69 Å². The average molecular weight is 384 g/mol. The van der Waals surface area contributed by atoms with E-state index in [9.17, 15) is 4.79 Å². The van der Waals surface area contributed by atoms with Crippen LogP contribution in [0.4, 0.5) is 0 Å². The third kappa shape index (κ3) is 3.17. The molecule has 1 heterocycles. The highest BCUT2D eigenvalue weighted by Crippen LogP contribution is 2.24. The van der Waals surface area contributed by atoms with Crippen molar-refractivity contribution in [1.82, 2.24) is 9.80 Å². The van der Waals surface area contributed by atoms with Crippen LogP contribution in [0.1, 0.15) is 36.0 Å². The van der Waals surface area contributed by atoms with Gasteiger partial charge in [0.05, 0.1) is 0 Å². The molecule has 0 atom stereocenters. The normalized spacial score (nSPS) is 21.4. The Morgan fingerprint density at radius 3 is 2.20 bits per heavy atom. The molecular weight excluding hydrogens is 363 g/mol. The lowest BCUT2D eigenvalue weighted by molar-refractivity contribution is 0.0573. The van der Waals surface area contributed by atoms with Crippen LogP contribution in [0.5, 0.6) is 0 Å². The van der Waals surface area contributed by atoms with E-state index in [1.807, 2.05) is 29.2 Å². The Hall–Kier alpha value is -0.620. The van der Waals surface area contributed by atoms with Crippen LogP contribution in [-0.4, -0.2) is 47.9 Å². The largest absolute Gasteiger partial charge is 0.336 e. The number of halogens is 1. The number of hydrogen-bond acceptors (Lipinski definition) is 2. The van der Waals surface area contributed by atoms with E-state index < -0.39 is 0 Å². The van der Waals surface area contributed by atoms with Gasteiger partial charge in [0, 0.05) is 41.4 Å². The number of carbonyl (C=O) groups is 1. The third-order valence-corrected chi connectivity index (χ3v) is 5.25. The molecule has 1 aromatic carbocycles. The van der Waals surface area contributed by atoms with Crippen LogP contribution in [0.3, 0.4) is 0 Å². The van der Waals surface area contributed by atoms with E-state index >= 15 is 0 Å². The topological polar surface area (TPSA) is 23.6 Å².